The van der Waals surface area contributed by atoms with Crippen LogP contribution < -0.4 is 0 Å². The Morgan fingerprint density at radius 2 is 2.00 bits per heavy atom. The third-order valence-electron chi connectivity index (χ3n) is 2.17. The van der Waals surface area contributed by atoms with E-state index in [1.54, 1.807) is 18.3 Å². The number of thioether (sulfide) groups is 1. The molecule has 0 N–H and O–H groups in total. The lowest BCUT2D eigenvalue weighted by Gasteiger charge is -1.97. The maximum absolute atomic E-state index is 12.7. The number of halogens is 1. The van der Waals surface area contributed by atoms with Crippen LogP contribution in [0.25, 0.3) is 0 Å². The number of rotatable bonds is 1. The topological polar surface area (TPSA) is 37.1 Å². The van der Waals surface area contributed by atoms with Crippen molar-refractivity contribution in [3.8, 4) is 0 Å². The molecule has 0 aliphatic carbocycles. The van der Waals surface area contributed by atoms with E-state index in [9.17, 15) is 4.39 Å². The van der Waals surface area contributed by atoms with Crippen molar-refractivity contribution in [1.29, 1.82) is 0 Å². The fraction of sp³-hybridized carbons (Fsp3) is 0.100. The van der Waals surface area contributed by atoms with Crippen LogP contribution >= 0.6 is 11.8 Å². The Morgan fingerprint density at radius 3 is 2.73 bits per heavy atom. The van der Waals surface area contributed by atoms with Crippen LogP contribution in [0.15, 0.2) is 39.5 Å². The standard InChI is InChI=1S/C10H6FN3S/c11-7-3-1-6(2-4-7)9-13-8-5-12-14-10(8)15-9/h1-5,8H. The maximum atomic E-state index is 12.7. The molecule has 0 saturated heterocycles. The Morgan fingerprint density at radius 1 is 1.20 bits per heavy atom. The number of hydrogen-bond acceptors (Lipinski definition) is 4. The van der Waals surface area contributed by atoms with Crippen molar-refractivity contribution in [1.82, 2.24) is 0 Å². The summed E-state index contributed by atoms with van der Waals surface area (Å²) < 4.78 is 12.7. The van der Waals surface area contributed by atoms with E-state index in [1.165, 1.54) is 23.9 Å². The Hall–Kier alpha value is -1.49. The lowest BCUT2D eigenvalue weighted by Crippen LogP contribution is -2.06. The predicted octanol–water partition coefficient (Wildman–Crippen LogP) is 2.09. The average Bonchev–Trinajstić information content (AvgIpc) is 2.78. The first-order valence-electron chi connectivity index (χ1n) is 4.45. The van der Waals surface area contributed by atoms with Crippen LogP contribution in [0.2, 0.25) is 0 Å². The molecule has 0 amide bonds. The quantitative estimate of drug-likeness (QED) is 0.712. The highest BCUT2D eigenvalue weighted by Crippen LogP contribution is 2.27. The molecular formula is C10H6FN3S. The molecule has 1 aromatic rings. The molecule has 0 bridgehead atoms. The fourth-order valence-corrected chi connectivity index (χ4v) is 2.36. The van der Waals surface area contributed by atoms with Gasteiger partial charge in [-0.2, -0.15) is 5.10 Å². The van der Waals surface area contributed by atoms with Gasteiger partial charge in [-0.25, -0.2) is 4.39 Å². The summed E-state index contributed by atoms with van der Waals surface area (Å²) in [5.41, 5.74) is 0.923. The van der Waals surface area contributed by atoms with E-state index in [-0.39, 0.29) is 11.9 Å². The zero-order valence-electron chi connectivity index (χ0n) is 7.59. The minimum atomic E-state index is -0.235. The predicted molar refractivity (Wildman–Crippen MR) is 60.2 cm³/mol. The lowest BCUT2D eigenvalue weighted by atomic mass is 10.2. The molecule has 3 rings (SSSR count). The van der Waals surface area contributed by atoms with E-state index in [2.05, 4.69) is 15.2 Å². The van der Waals surface area contributed by atoms with E-state index < -0.39 is 0 Å². The monoisotopic (exact) mass is 219 g/mol. The van der Waals surface area contributed by atoms with E-state index in [4.69, 9.17) is 0 Å². The normalized spacial score (nSPS) is 22.6. The SMILES string of the molecule is Fc1ccc(C2=NC3C=NN=C3S2)cc1. The van der Waals surface area contributed by atoms with Gasteiger partial charge in [-0.05, 0) is 36.0 Å². The highest BCUT2D eigenvalue weighted by molar-refractivity contribution is 8.27. The van der Waals surface area contributed by atoms with Crippen LogP contribution in [0, 0.1) is 5.82 Å². The minimum absolute atomic E-state index is 0.0185. The molecule has 1 atom stereocenters. The number of nitrogens with zero attached hydrogens (tertiary/aromatic N) is 3. The summed E-state index contributed by atoms with van der Waals surface area (Å²) in [5, 5.41) is 9.51. The second-order valence-corrected chi connectivity index (χ2v) is 4.20. The van der Waals surface area contributed by atoms with Gasteiger partial charge < -0.3 is 0 Å². The van der Waals surface area contributed by atoms with Gasteiger partial charge in [-0.3, -0.25) is 4.99 Å². The molecule has 15 heavy (non-hydrogen) atoms. The van der Waals surface area contributed by atoms with Crippen LogP contribution in [0.4, 0.5) is 4.39 Å². The Kier molecular flexibility index (Phi) is 1.92. The van der Waals surface area contributed by atoms with E-state index in [0.29, 0.717) is 0 Å². The summed E-state index contributed by atoms with van der Waals surface area (Å²) in [5.74, 6) is -0.235. The molecule has 0 saturated carbocycles. The molecule has 3 nitrogen and oxygen atoms in total. The Labute approximate surface area is 89.8 Å². The van der Waals surface area contributed by atoms with Gasteiger partial charge >= 0.3 is 0 Å². The van der Waals surface area contributed by atoms with Crippen molar-refractivity contribution < 1.29 is 4.39 Å². The smallest absolute Gasteiger partial charge is 0.138 e. The van der Waals surface area contributed by atoms with E-state index in [1.807, 2.05) is 0 Å². The van der Waals surface area contributed by atoms with Crippen LogP contribution in [0.1, 0.15) is 5.56 Å². The molecule has 5 heteroatoms. The highest BCUT2D eigenvalue weighted by atomic mass is 32.2. The van der Waals surface area contributed by atoms with E-state index in [0.717, 1.165) is 15.7 Å². The molecule has 2 heterocycles. The second-order valence-electron chi connectivity index (χ2n) is 3.19. The molecular weight excluding hydrogens is 213 g/mol. The third kappa shape index (κ3) is 1.48. The summed E-state index contributed by atoms with van der Waals surface area (Å²) in [4.78, 5) is 4.43. The summed E-state index contributed by atoms with van der Waals surface area (Å²) in [6.07, 6.45) is 1.71. The average molecular weight is 219 g/mol. The summed E-state index contributed by atoms with van der Waals surface area (Å²) in [6.45, 7) is 0. The Bertz CT molecular complexity index is 490. The van der Waals surface area contributed by atoms with Crippen molar-refractivity contribution >= 4 is 28.1 Å². The van der Waals surface area contributed by atoms with Crippen molar-refractivity contribution in [2.75, 3.05) is 0 Å². The number of benzene rings is 1. The van der Waals surface area contributed by atoms with Gasteiger partial charge in [0.25, 0.3) is 0 Å². The number of hydrogen-bond donors (Lipinski definition) is 0. The summed E-state index contributed by atoms with van der Waals surface area (Å²) in [6, 6.07) is 6.29. The van der Waals surface area contributed by atoms with Crippen LogP contribution in [-0.2, 0) is 0 Å². The first kappa shape index (κ1) is 8.79. The van der Waals surface area contributed by atoms with Crippen LogP contribution in [0.3, 0.4) is 0 Å². The van der Waals surface area contributed by atoms with Crippen LogP contribution in [-0.4, -0.2) is 22.3 Å². The maximum Gasteiger partial charge on any atom is 0.138 e. The summed E-state index contributed by atoms with van der Waals surface area (Å²) >= 11 is 1.49. The molecule has 0 aromatic heterocycles. The molecule has 1 unspecified atom stereocenters. The molecule has 74 valence electrons. The molecule has 2 aliphatic rings. The minimum Gasteiger partial charge on any atom is -0.261 e. The Balaban J connectivity index is 1.94. The summed E-state index contributed by atoms with van der Waals surface area (Å²) in [7, 11) is 0. The second kappa shape index (κ2) is 3.27. The van der Waals surface area contributed by atoms with E-state index >= 15 is 0 Å². The van der Waals surface area contributed by atoms with Gasteiger partial charge in [0, 0.05) is 5.56 Å². The molecule has 0 fully saturated rings. The van der Waals surface area contributed by atoms with Crippen molar-refractivity contribution in [3.63, 3.8) is 0 Å². The van der Waals surface area contributed by atoms with Gasteiger partial charge in [0.15, 0.2) is 0 Å². The van der Waals surface area contributed by atoms with Crippen molar-refractivity contribution in [3.05, 3.63) is 35.6 Å². The van der Waals surface area contributed by atoms with Gasteiger partial charge in [0.05, 0.1) is 6.21 Å². The van der Waals surface area contributed by atoms with Crippen LogP contribution in [0.5, 0.6) is 0 Å². The molecule has 2 aliphatic heterocycles. The van der Waals surface area contributed by atoms with Gasteiger partial charge in [-0.1, -0.05) is 0 Å². The van der Waals surface area contributed by atoms with Crippen molar-refractivity contribution in [2.24, 2.45) is 15.2 Å². The lowest BCUT2D eigenvalue weighted by molar-refractivity contribution is 0.628. The molecule has 0 spiro atoms. The first-order chi connectivity index (χ1) is 7.33. The highest BCUT2D eigenvalue weighted by Gasteiger charge is 2.28. The molecule has 1 aromatic carbocycles. The molecule has 0 radical (unpaired) electrons. The van der Waals surface area contributed by atoms with Gasteiger partial charge in [-0.15, -0.1) is 5.10 Å². The third-order valence-corrected chi connectivity index (χ3v) is 3.23. The number of aliphatic imine (C=N–C) groups is 1. The number of fused-ring (bicyclic) bond motifs is 1. The zero-order chi connectivity index (χ0) is 10.3. The largest absolute Gasteiger partial charge is 0.261 e. The van der Waals surface area contributed by atoms with Gasteiger partial charge in [0.2, 0.25) is 0 Å². The fourth-order valence-electron chi connectivity index (χ4n) is 1.42. The zero-order valence-corrected chi connectivity index (χ0v) is 8.41. The van der Waals surface area contributed by atoms with Gasteiger partial charge in [0.1, 0.15) is 21.9 Å². The van der Waals surface area contributed by atoms with Crippen molar-refractivity contribution in [2.45, 2.75) is 6.04 Å². The first-order valence-corrected chi connectivity index (χ1v) is 5.27.